The van der Waals surface area contributed by atoms with Crippen molar-refractivity contribution in [2.75, 3.05) is 25.5 Å². The summed E-state index contributed by atoms with van der Waals surface area (Å²) in [5.74, 6) is 0.640. The number of nitrogens with one attached hydrogen (secondary N) is 2. The van der Waals surface area contributed by atoms with E-state index in [1.165, 1.54) is 16.8 Å². The lowest BCUT2D eigenvalue weighted by atomic mass is 9.98. The van der Waals surface area contributed by atoms with Gasteiger partial charge in [-0.25, -0.2) is 0 Å². The largest absolute Gasteiger partial charge is 0.384 e. The SMILES string of the molecule is CCc1ccc2c(c1)C(CNC)CN2. The first-order chi connectivity index (χ1) is 6.85. The first-order valence-electron chi connectivity index (χ1n) is 5.36. The lowest BCUT2D eigenvalue weighted by Gasteiger charge is -2.09. The zero-order valence-electron chi connectivity index (χ0n) is 8.93. The summed E-state index contributed by atoms with van der Waals surface area (Å²) in [5, 5.41) is 6.69. The third-order valence-corrected chi connectivity index (χ3v) is 2.95. The van der Waals surface area contributed by atoms with Crippen molar-refractivity contribution in [2.24, 2.45) is 0 Å². The number of hydrogen-bond donors (Lipinski definition) is 2. The van der Waals surface area contributed by atoms with Crippen LogP contribution in [0.1, 0.15) is 24.0 Å². The standard InChI is InChI=1S/C12H18N2/c1-3-9-4-5-12-11(6-9)10(7-13-2)8-14-12/h4-6,10,13-14H,3,7-8H2,1-2H3. The Kier molecular flexibility index (Phi) is 2.73. The van der Waals surface area contributed by atoms with Crippen molar-refractivity contribution < 1.29 is 0 Å². The molecule has 0 saturated heterocycles. The fraction of sp³-hybridized carbons (Fsp3) is 0.500. The van der Waals surface area contributed by atoms with Crippen molar-refractivity contribution in [2.45, 2.75) is 19.3 Å². The molecule has 0 spiro atoms. The van der Waals surface area contributed by atoms with E-state index in [9.17, 15) is 0 Å². The fourth-order valence-electron chi connectivity index (χ4n) is 2.10. The molecule has 0 saturated carbocycles. The summed E-state index contributed by atoms with van der Waals surface area (Å²) in [6.07, 6.45) is 1.12. The molecule has 1 aromatic carbocycles. The van der Waals surface area contributed by atoms with Crippen LogP contribution in [0.3, 0.4) is 0 Å². The highest BCUT2D eigenvalue weighted by Gasteiger charge is 2.21. The molecule has 0 fully saturated rings. The molecule has 2 N–H and O–H groups in total. The van der Waals surface area contributed by atoms with Crippen molar-refractivity contribution in [3.05, 3.63) is 29.3 Å². The van der Waals surface area contributed by atoms with Crippen LogP contribution in [0.5, 0.6) is 0 Å². The molecule has 1 heterocycles. The third-order valence-electron chi connectivity index (χ3n) is 2.95. The van der Waals surface area contributed by atoms with Crippen molar-refractivity contribution in [3.63, 3.8) is 0 Å². The molecule has 1 aliphatic rings. The van der Waals surface area contributed by atoms with Crippen LogP contribution in [0.15, 0.2) is 18.2 Å². The monoisotopic (exact) mass is 190 g/mol. The van der Waals surface area contributed by atoms with Gasteiger partial charge in [-0.3, -0.25) is 0 Å². The van der Waals surface area contributed by atoms with E-state index in [2.05, 4.69) is 35.8 Å². The van der Waals surface area contributed by atoms with Crippen LogP contribution in [-0.4, -0.2) is 20.1 Å². The van der Waals surface area contributed by atoms with Gasteiger partial charge in [0.2, 0.25) is 0 Å². The minimum absolute atomic E-state index is 0.640. The topological polar surface area (TPSA) is 24.1 Å². The third kappa shape index (κ3) is 1.62. The summed E-state index contributed by atoms with van der Waals surface area (Å²) >= 11 is 0. The lowest BCUT2D eigenvalue weighted by Crippen LogP contribution is -2.18. The van der Waals surface area contributed by atoms with E-state index in [1.54, 1.807) is 0 Å². The van der Waals surface area contributed by atoms with Gasteiger partial charge in [0.05, 0.1) is 0 Å². The Morgan fingerprint density at radius 2 is 2.36 bits per heavy atom. The van der Waals surface area contributed by atoms with Crippen LogP contribution >= 0.6 is 0 Å². The van der Waals surface area contributed by atoms with Gasteiger partial charge < -0.3 is 10.6 Å². The van der Waals surface area contributed by atoms with Crippen LogP contribution in [0, 0.1) is 0 Å². The molecule has 2 heteroatoms. The minimum Gasteiger partial charge on any atom is -0.384 e. The Morgan fingerprint density at radius 1 is 1.50 bits per heavy atom. The van der Waals surface area contributed by atoms with Crippen molar-refractivity contribution >= 4 is 5.69 Å². The van der Waals surface area contributed by atoms with Gasteiger partial charge in [-0.15, -0.1) is 0 Å². The Labute approximate surface area is 85.7 Å². The highest BCUT2D eigenvalue weighted by molar-refractivity contribution is 5.59. The van der Waals surface area contributed by atoms with Crippen LogP contribution < -0.4 is 10.6 Å². The molecule has 1 atom stereocenters. The smallest absolute Gasteiger partial charge is 0.0377 e. The Hall–Kier alpha value is -1.02. The van der Waals surface area contributed by atoms with Crippen LogP contribution in [0.25, 0.3) is 0 Å². The zero-order valence-corrected chi connectivity index (χ0v) is 8.93. The molecule has 1 aliphatic heterocycles. The lowest BCUT2D eigenvalue weighted by molar-refractivity contribution is 0.673. The van der Waals surface area contributed by atoms with Gasteiger partial charge in [0, 0.05) is 24.7 Å². The normalized spacial score (nSPS) is 19.1. The van der Waals surface area contributed by atoms with Gasteiger partial charge in [-0.1, -0.05) is 19.1 Å². The van der Waals surface area contributed by atoms with Gasteiger partial charge in [0.15, 0.2) is 0 Å². The molecule has 0 aromatic heterocycles. The summed E-state index contributed by atoms with van der Waals surface area (Å²) < 4.78 is 0. The summed E-state index contributed by atoms with van der Waals surface area (Å²) in [6, 6.07) is 6.77. The highest BCUT2D eigenvalue weighted by Crippen LogP contribution is 2.31. The van der Waals surface area contributed by atoms with Crippen molar-refractivity contribution in [1.29, 1.82) is 0 Å². The second-order valence-corrected chi connectivity index (χ2v) is 3.91. The minimum atomic E-state index is 0.640. The maximum atomic E-state index is 3.45. The second-order valence-electron chi connectivity index (χ2n) is 3.91. The van der Waals surface area contributed by atoms with E-state index in [1.807, 2.05) is 7.05 Å². The molecule has 0 radical (unpaired) electrons. The summed E-state index contributed by atoms with van der Waals surface area (Å²) in [4.78, 5) is 0. The number of benzene rings is 1. The van der Waals surface area contributed by atoms with E-state index in [0.29, 0.717) is 5.92 Å². The second kappa shape index (κ2) is 4.01. The first-order valence-corrected chi connectivity index (χ1v) is 5.36. The van der Waals surface area contributed by atoms with Crippen molar-refractivity contribution in [1.82, 2.24) is 5.32 Å². The first kappa shape index (κ1) is 9.53. The summed E-state index contributed by atoms with van der Waals surface area (Å²) in [7, 11) is 2.02. The number of hydrogen-bond acceptors (Lipinski definition) is 2. The Morgan fingerprint density at radius 3 is 3.07 bits per heavy atom. The molecule has 0 aliphatic carbocycles. The molecule has 2 rings (SSSR count). The number of rotatable bonds is 3. The zero-order chi connectivity index (χ0) is 9.97. The van der Waals surface area contributed by atoms with E-state index >= 15 is 0 Å². The predicted molar refractivity (Wildman–Crippen MR) is 61.0 cm³/mol. The summed E-state index contributed by atoms with van der Waals surface area (Å²) in [5.41, 5.74) is 4.25. The average Bonchev–Trinajstić information content (AvgIpc) is 2.61. The maximum absolute atomic E-state index is 3.45. The van der Waals surface area contributed by atoms with Gasteiger partial charge in [0.1, 0.15) is 0 Å². The molecular formula is C12H18N2. The van der Waals surface area contributed by atoms with Crippen molar-refractivity contribution in [3.8, 4) is 0 Å². The van der Waals surface area contributed by atoms with Gasteiger partial charge in [-0.05, 0) is 30.7 Å². The molecule has 1 unspecified atom stereocenters. The van der Waals surface area contributed by atoms with Crippen LogP contribution in [-0.2, 0) is 6.42 Å². The van der Waals surface area contributed by atoms with Gasteiger partial charge in [-0.2, -0.15) is 0 Å². The molecular weight excluding hydrogens is 172 g/mol. The molecule has 14 heavy (non-hydrogen) atoms. The van der Waals surface area contributed by atoms with Gasteiger partial charge in [0.25, 0.3) is 0 Å². The van der Waals surface area contributed by atoms with E-state index < -0.39 is 0 Å². The molecule has 1 aromatic rings. The van der Waals surface area contributed by atoms with Crippen LogP contribution in [0.2, 0.25) is 0 Å². The maximum Gasteiger partial charge on any atom is 0.0377 e. The number of anilines is 1. The van der Waals surface area contributed by atoms with E-state index in [-0.39, 0.29) is 0 Å². The number of likely N-dealkylation sites (N-methyl/N-ethyl adjacent to an activating group) is 1. The quantitative estimate of drug-likeness (QED) is 0.761. The molecule has 2 nitrogen and oxygen atoms in total. The average molecular weight is 190 g/mol. The summed E-state index contributed by atoms with van der Waals surface area (Å²) in [6.45, 7) is 4.34. The molecule has 76 valence electrons. The molecule has 0 bridgehead atoms. The Balaban J connectivity index is 2.27. The highest BCUT2D eigenvalue weighted by atomic mass is 14.9. The van der Waals surface area contributed by atoms with Gasteiger partial charge >= 0.3 is 0 Å². The number of fused-ring (bicyclic) bond motifs is 1. The fourth-order valence-corrected chi connectivity index (χ4v) is 2.10. The van der Waals surface area contributed by atoms with E-state index in [4.69, 9.17) is 0 Å². The molecule has 0 amide bonds. The predicted octanol–water partition coefficient (Wildman–Crippen LogP) is 1.98. The number of aryl methyl sites for hydroxylation is 1. The Bertz CT molecular complexity index is 318. The van der Waals surface area contributed by atoms with Crippen LogP contribution in [0.4, 0.5) is 5.69 Å². The van der Waals surface area contributed by atoms with E-state index in [0.717, 1.165) is 19.5 Å².